The molecule has 0 unspecified atom stereocenters. The Morgan fingerprint density at radius 3 is 3.00 bits per heavy atom. The van der Waals surface area contributed by atoms with Gasteiger partial charge in [0.25, 0.3) is 0 Å². The highest BCUT2D eigenvalue weighted by atomic mass is 16.1. The van der Waals surface area contributed by atoms with E-state index in [-0.39, 0.29) is 0 Å². The van der Waals surface area contributed by atoms with E-state index in [9.17, 15) is 4.79 Å². The number of carbonyl (C=O) groups excluding carboxylic acids is 1. The van der Waals surface area contributed by atoms with E-state index in [1.54, 1.807) is 0 Å². The van der Waals surface area contributed by atoms with Gasteiger partial charge >= 0.3 is 0 Å². The van der Waals surface area contributed by atoms with Crippen LogP contribution in [-0.4, -0.2) is 30.8 Å². The van der Waals surface area contributed by atoms with E-state index in [1.165, 1.54) is 12.8 Å². The highest BCUT2D eigenvalue weighted by molar-refractivity contribution is 5.52. The number of hydrogen-bond acceptors (Lipinski definition) is 2. The van der Waals surface area contributed by atoms with Crippen LogP contribution in [0.15, 0.2) is 0 Å². The summed E-state index contributed by atoms with van der Waals surface area (Å²) >= 11 is 0. The van der Waals surface area contributed by atoms with Crippen LogP contribution in [-0.2, 0) is 4.79 Å². The molecule has 1 atom stereocenters. The second-order valence-corrected chi connectivity index (χ2v) is 2.99. The summed E-state index contributed by atoms with van der Waals surface area (Å²) in [7, 11) is 0. The van der Waals surface area contributed by atoms with Gasteiger partial charge in [-0.2, -0.15) is 0 Å². The molecule has 1 aliphatic heterocycles. The fraction of sp³-hybridized carbons (Fsp3) is 0.875. The molecule has 0 amide bonds. The normalized spacial score (nSPS) is 27.1. The monoisotopic (exact) mass is 141 g/mol. The second kappa shape index (κ2) is 3.71. The molecule has 1 saturated heterocycles. The van der Waals surface area contributed by atoms with Gasteiger partial charge in [-0.25, -0.2) is 0 Å². The van der Waals surface area contributed by atoms with Gasteiger partial charge in [-0.05, 0) is 18.9 Å². The number of hydrogen-bond donors (Lipinski definition) is 0. The molecule has 0 saturated carbocycles. The molecule has 1 rings (SSSR count). The van der Waals surface area contributed by atoms with Crippen LogP contribution in [0.25, 0.3) is 0 Å². The standard InChI is InChI=1S/C8H15NO/c1-2-8-3-4-9(7-8)5-6-10/h6,8H,2-5,7H2,1H3/t8-/m0/s1. The lowest BCUT2D eigenvalue weighted by Gasteiger charge is -2.10. The van der Waals surface area contributed by atoms with Crippen LogP contribution in [0.3, 0.4) is 0 Å². The molecule has 2 nitrogen and oxygen atoms in total. The fourth-order valence-corrected chi connectivity index (χ4v) is 1.52. The first-order chi connectivity index (χ1) is 4.86. The molecule has 0 bridgehead atoms. The zero-order valence-corrected chi connectivity index (χ0v) is 6.55. The third-order valence-corrected chi connectivity index (χ3v) is 2.28. The van der Waals surface area contributed by atoms with Crippen LogP contribution in [0.2, 0.25) is 0 Å². The van der Waals surface area contributed by atoms with E-state index < -0.39 is 0 Å². The van der Waals surface area contributed by atoms with Gasteiger partial charge in [0, 0.05) is 6.54 Å². The first-order valence-corrected chi connectivity index (χ1v) is 4.02. The van der Waals surface area contributed by atoms with E-state index in [0.717, 1.165) is 25.3 Å². The van der Waals surface area contributed by atoms with E-state index in [2.05, 4.69) is 11.8 Å². The number of aldehydes is 1. The van der Waals surface area contributed by atoms with E-state index >= 15 is 0 Å². The number of likely N-dealkylation sites (tertiary alicyclic amines) is 1. The topological polar surface area (TPSA) is 20.3 Å². The molecule has 0 aliphatic carbocycles. The van der Waals surface area contributed by atoms with Crippen molar-refractivity contribution in [2.75, 3.05) is 19.6 Å². The van der Waals surface area contributed by atoms with Crippen LogP contribution >= 0.6 is 0 Å². The summed E-state index contributed by atoms with van der Waals surface area (Å²) in [6, 6.07) is 0. The van der Waals surface area contributed by atoms with Crippen molar-refractivity contribution in [2.45, 2.75) is 19.8 Å². The zero-order valence-electron chi connectivity index (χ0n) is 6.55. The molecule has 58 valence electrons. The van der Waals surface area contributed by atoms with E-state index in [1.807, 2.05) is 0 Å². The van der Waals surface area contributed by atoms with Crippen molar-refractivity contribution in [1.29, 1.82) is 0 Å². The van der Waals surface area contributed by atoms with Gasteiger partial charge in [-0.3, -0.25) is 4.90 Å². The van der Waals surface area contributed by atoms with Crippen molar-refractivity contribution in [3.05, 3.63) is 0 Å². The molecule has 0 aromatic heterocycles. The Morgan fingerprint density at radius 1 is 1.70 bits per heavy atom. The summed E-state index contributed by atoms with van der Waals surface area (Å²) < 4.78 is 0. The molecule has 0 aromatic rings. The zero-order chi connectivity index (χ0) is 7.40. The predicted molar refractivity (Wildman–Crippen MR) is 40.9 cm³/mol. The summed E-state index contributed by atoms with van der Waals surface area (Å²) in [5, 5.41) is 0. The van der Waals surface area contributed by atoms with Crippen LogP contribution in [0.5, 0.6) is 0 Å². The minimum atomic E-state index is 0.635. The van der Waals surface area contributed by atoms with Gasteiger partial charge in [-0.15, -0.1) is 0 Å². The van der Waals surface area contributed by atoms with E-state index in [0.29, 0.717) is 6.54 Å². The first kappa shape index (κ1) is 7.73. The van der Waals surface area contributed by atoms with Gasteiger partial charge in [0.05, 0.1) is 6.54 Å². The van der Waals surface area contributed by atoms with Crippen LogP contribution < -0.4 is 0 Å². The van der Waals surface area contributed by atoms with Crippen LogP contribution in [0.4, 0.5) is 0 Å². The maximum absolute atomic E-state index is 10.1. The highest BCUT2D eigenvalue weighted by Gasteiger charge is 2.19. The molecule has 1 heterocycles. The van der Waals surface area contributed by atoms with Crippen LogP contribution in [0, 0.1) is 5.92 Å². The molecule has 1 aliphatic rings. The molecular weight excluding hydrogens is 126 g/mol. The van der Waals surface area contributed by atoms with Gasteiger partial charge < -0.3 is 4.79 Å². The summed E-state index contributed by atoms with van der Waals surface area (Å²) in [6.45, 7) is 5.11. The largest absolute Gasteiger partial charge is 0.302 e. The van der Waals surface area contributed by atoms with E-state index in [4.69, 9.17) is 0 Å². The maximum Gasteiger partial charge on any atom is 0.133 e. The summed E-state index contributed by atoms with van der Waals surface area (Å²) in [5.74, 6) is 0.847. The Kier molecular flexibility index (Phi) is 2.87. The molecule has 0 spiro atoms. The second-order valence-electron chi connectivity index (χ2n) is 2.99. The summed E-state index contributed by atoms with van der Waals surface area (Å²) in [5.41, 5.74) is 0. The average molecular weight is 141 g/mol. The number of carbonyl (C=O) groups is 1. The van der Waals surface area contributed by atoms with Gasteiger partial charge in [-0.1, -0.05) is 13.3 Å². The number of rotatable bonds is 3. The van der Waals surface area contributed by atoms with Crippen molar-refractivity contribution in [3.63, 3.8) is 0 Å². The lowest BCUT2D eigenvalue weighted by molar-refractivity contribution is -0.108. The molecule has 0 aromatic carbocycles. The van der Waals surface area contributed by atoms with Gasteiger partial charge in [0.15, 0.2) is 0 Å². The SMILES string of the molecule is CC[C@H]1CCN(CC=O)C1. The van der Waals surface area contributed by atoms with Crippen molar-refractivity contribution in [3.8, 4) is 0 Å². The molecule has 0 N–H and O–H groups in total. The lowest BCUT2D eigenvalue weighted by atomic mass is 10.1. The van der Waals surface area contributed by atoms with Crippen molar-refractivity contribution in [2.24, 2.45) is 5.92 Å². The first-order valence-electron chi connectivity index (χ1n) is 4.02. The Balaban J connectivity index is 2.21. The Morgan fingerprint density at radius 2 is 2.50 bits per heavy atom. The summed E-state index contributed by atoms with van der Waals surface area (Å²) in [4.78, 5) is 12.3. The lowest BCUT2D eigenvalue weighted by Crippen LogP contribution is -2.22. The minimum Gasteiger partial charge on any atom is -0.302 e. The molecule has 2 heteroatoms. The smallest absolute Gasteiger partial charge is 0.133 e. The van der Waals surface area contributed by atoms with Crippen LogP contribution in [0.1, 0.15) is 19.8 Å². The van der Waals surface area contributed by atoms with Gasteiger partial charge in [0.2, 0.25) is 0 Å². The van der Waals surface area contributed by atoms with Crippen molar-refractivity contribution < 1.29 is 4.79 Å². The molecule has 10 heavy (non-hydrogen) atoms. The Bertz CT molecular complexity index is 114. The fourth-order valence-electron chi connectivity index (χ4n) is 1.52. The van der Waals surface area contributed by atoms with Crippen molar-refractivity contribution >= 4 is 6.29 Å². The maximum atomic E-state index is 10.1. The molecule has 0 radical (unpaired) electrons. The highest BCUT2D eigenvalue weighted by Crippen LogP contribution is 2.17. The Hall–Kier alpha value is -0.370. The quantitative estimate of drug-likeness (QED) is 0.545. The Labute approximate surface area is 62.2 Å². The minimum absolute atomic E-state index is 0.635. The number of nitrogens with zero attached hydrogens (tertiary/aromatic N) is 1. The average Bonchev–Trinajstić information content (AvgIpc) is 2.37. The van der Waals surface area contributed by atoms with Gasteiger partial charge in [0.1, 0.15) is 6.29 Å². The third kappa shape index (κ3) is 1.81. The molecule has 1 fully saturated rings. The summed E-state index contributed by atoms with van der Waals surface area (Å²) in [6.07, 6.45) is 3.54. The van der Waals surface area contributed by atoms with Crippen molar-refractivity contribution in [1.82, 2.24) is 4.90 Å². The third-order valence-electron chi connectivity index (χ3n) is 2.28. The predicted octanol–water partition coefficient (Wildman–Crippen LogP) is 0.917. The molecular formula is C8H15NO.